The van der Waals surface area contributed by atoms with Gasteiger partial charge in [-0.05, 0) is 28.0 Å². The van der Waals surface area contributed by atoms with Crippen molar-refractivity contribution in [1.82, 2.24) is 0 Å². The molecule has 0 saturated heterocycles. The third-order valence-electron chi connectivity index (χ3n) is 2.56. The van der Waals surface area contributed by atoms with E-state index in [1.54, 1.807) is 0 Å². The van der Waals surface area contributed by atoms with Crippen molar-refractivity contribution < 1.29 is 0 Å². The van der Waals surface area contributed by atoms with Crippen molar-refractivity contribution in [3.63, 3.8) is 0 Å². The summed E-state index contributed by atoms with van der Waals surface area (Å²) in [5.41, 5.74) is 2.63. The van der Waals surface area contributed by atoms with Gasteiger partial charge in [-0.1, -0.05) is 48.5 Å². The summed E-state index contributed by atoms with van der Waals surface area (Å²) in [5, 5.41) is 3.48. The molecule has 0 fully saturated rings. The summed E-state index contributed by atoms with van der Waals surface area (Å²) in [5.74, 6) is 0. The molecule has 0 radical (unpaired) electrons. The molecule has 0 aliphatic heterocycles. The summed E-state index contributed by atoms with van der Waals surface area (Å²) in [4.78, 5) is 0. The first-order valence-electron chi connectivity index (χ1n) is 4.97. The van der Waals surface area contributed by atoms with Crippen molar-refractivity contribution in [2.45, 2.75) is 0 Å². The lowest BCUT2D eigenvalue weighted by atomic mass is 10.0. The van der Waals surface area contributed by atoms with Crippen molar-refractivity contribution in [2.75, 3.05) is 0 Å². The maximum Gasteiger partial charge on any atom is 0.0421 e. The van der Waals surface area contributed by atoms with Gasteiger partial charge in [0.25, 0.3) is 0 Å². The zero-order valence-corrected chi connectivity index (χ0v) is 9.00. The van der Waals surface area contributed by atoms with Crippen LogP contribution < -0.4 is 0 Å². The average Bonchev–Trinajstić information content (AvgIpc) is 2.78. The minimum absolute atomic E-state index is 1.30. The molecule has 0 atom stereocenters. The number of hydrogen-bond donors (Lipinski definition) is 0. The molecule has 0 spiro atoms. The highest BCUT2D eigenvalue weighted by molar-refractivity contribution is 7.17. The monoisotopic (exact) mass is 210 g/mol. The Morgan fingerprint density at radius 3 is 2.47 bits per heavy atom. The molecule has 2 aromatic carbocycles. The van der Waals surface area contributed by atoms with Gasteiger partial charge in [-0.25, -0.2) is 0 Å². The number of benzene rings is 2. The highest BCUT2D eigenvalue weighted by Gasteiger charge is 2.03. The molecule has 3 aromatic rings. The Labute approximate surface area is 92.8 Å². The summed E-state index contributed by atoms with van der Waals surface area (Å²) in [6.45, 7) is 0. The normalized spacial score (nSPS) is 10.7. The van der Waals surface area contributed by atoms with Crippen LogP contribution in [0.15, 0.2) is 60.0 Å². The van der Waals surface area contributed by atoms with Crippen molar-refractivity contribution in [3.05, 3.63) is 60.0 Å². The quantitative estimate of drug-likeness (QED) is 0.552. The molecule has 0 amide bonds. The molecule has 0 aliphatic rings. The summed E-state index contributed by atoms with van der Waals surface area (Å²) in [6, 6.07) is 19.2. The SMILES string of the molecule is c1ccc(-c2cccc3ccsc23)cc1. The van der Waals surface area contributed by atoms with E-state index < -0.39 is 0 Å². The van der Waals surface area contributed by atoms with Crippen LogP contribution in [-0.4, -0.2) is 0 Å². The summed E-state index contributed by atoms with van der Waals surface area (Å²) in [7, 11) is 0. The fourth-order valence-electron chi connectivity index (χ4n) is 1.84. The van der Waals surface area contributed by atoms with E-state index in [4.69, 9.17) is 0 Å². The molecule has 72 valence electrons. The molecule has 0 bridgehead atoms. The smallest absolute Gasteiger partial charge is 0.0421 e. The van der Waals surface area contributed by atoms with Gasteiger partial charge in [-0.3, -0.25) is 0 Å². The standard InChI is InChI=1S/C14H10S/c1-2-5-11(6-3-1)13-8-4-7-12-9-10-15-14(12)13/h1-10H. The molecular weight excluding hydrogens is 200 g/mol. The van der Waals surface area contributed by atoms with Crippen LogP contribution in [0.5, 0.6) is 0 Å². The first kappa shape index (κ1) is 8.69. The second kappa shape index (κ2) is 3.52. The number of rotatable bonds is 1. The summed E-state index contributed by atoms with van der Waals surface area (Å²) >= 11 is 1.81. The van der Waals surface area contributed by atoms with E-state index in [2.05, 4.69) is 60.0 Å². The van der Waals surface area contributed by atoms with Gasteiger partial charge in [-0.15, -0.1) is 11.3 Å². The van der Waals surface area contributed by atoms with Gasteiger partial charge in [0.05, 0.1) is 0 Å². The number of thiophene rings is 1. The summed E-state index contributed by atoms with van der Waals surface area (Å²) in [6.07, 6.45) is 0. The van der Waals surface area contributed by atoms with E-state index in [9.17, 15) is 0 Å². The summed E-state index contributed by atoms with van der Waals surface area (Å²) < 4.78 is 1.38. The Hall–Kier alpha value is -1.60. The maximum absolute atomic E-state index is 2.19. The van der Waals surface area contributed by atoms with Crippen molar-refractivity contribution in [3.8, 4) is 11.1 Å². The number of fused-ring (bicyclic) bond motifs is 1. The Balaban J connectivity index is 2.31. The van der Waals surface area contributed by atoms with Gasteiger partial charge >= 0.3 is 0 Å². The maximum atomic E-state index is 2.19. The van der Waals surface area contributed by atoms with Crippen LogP contribution in [0.25, 0.3) is 21.2 Å². The molecule has 1 heterocycles. The molecule has 0 saturated carbocycles. The van der Waals surface area contributed by atoms with E-state index in [1.807, 2.05) is 11.3 Å². The van der Waals surface area contributed by atoms with E-state index in [1.165, 1.54) is 21.2 Å². The molecular formula is C14H10S. The largest absolute Gasteiger partial charge is 0.143 e. The van der Waals surface area contributed by atoms with E-state index in [-0.39, 0.29) is 0 Å². The lowest BCUT2D eigenvalue weighted by Crippen LogP contribution is -1.76. The van der Waals surface area contributed by atoms with Gasteiger partial charge in [0.2, 0.25) is 0 Å². The Morgan fingerprint density at radius 2 is 1.60 bits per heavy atom. The van der Waals surface area contributed by atoms with E-state index in [0.717, 1.165) is 0 Å². The predicted molar refractivity (Wildman–Crippen MR) is 67.3 cm³/mol. The second-order valence-electron chi connectivity index (χ2n) is 3.51. The van der Waals surface area contributed by atoms with Gasteiger partial charge in [-0.2, -0.15) is 0 Å². The molecule has 1 heteroatoms. The third kappa shape index (κ3) is 1.45. The van der Waals surface area contributed by atoms with Gasteiger partial charge in [0.1, 0.15) is 0 Å². The fourth-order valence-corrected chi connectivity index (χ4v) is 2.77. The molecule has 1 aromatic heterocycles. The third-order valence-corrected chi connectivity index (χ3v) is 3.53. The zero-order chi connectivity index (χ0) is 10.1. The van der Waals surface area contributed by atoms with Gasteiger partial charge in [0.15, 0.2) is 0 Å². The first-order valence-corrected chi connectivity index (χ1v) is 5.85. The molecule has 15 heavy (non-hydrogen) atoms. The van der Waals surface area contributed by atoms with Gasteiger partial charge < -0.3 is 0 Å². The predicted octanol–water partition coefficient (Wildman–Crippen LogP) is 4.57. The van der Waals surface area contributed by atoms with Crippen LogP contribution in [-0.2, 0) is 0 Å². The minimum atomic E-state index is 1.30. The lowest BCUT2D eigenvalue weighted by Gasteiger charge is -2.02. The second-order valence-corrected chi connectivity index (χ2v) is 4.43. The average molecular weight is 210 g/mol. The first-order chi connectivity index (χ1) is 7.45. The highest BCUT2D eigenvalue weighted by atomic mass is 32.1. The topological polar surface area (TPSA) is 0 Å². The van der Waals surface area contributed by atoms with E-state index >= 15 is 0 Å². The lowest BCUT2D eigenvalue weighted by molar-refractivity contribution is 1.67. The zero-order valence-electron chi connectivity index (χ0n) is 8.18. The molecule has 0 unspecified atom stereocenters. The van der Waals surface area contributed by atoms with Crippen molar-refractivity contribution in [1.29, 1.82) is 0 Å². The van der Waals surface area contributed by atoms with Gasteiger partial charge in [0, 0.05) is 4.70 Å². The van der Waals surface area contributed by atoms with Crippen LogP contribution in [0, 0.1) is 0 Å². The Bertz CT molecular complexity index is 578. The molecule has 0 N–H and O–H groups in total. The van der Waals surface area contributed by atoms with Crippen molar-refractivity contribution in [2.24, 2.45) is 0 Å². The highest BCUT2D eigenvalue weighted by Crippen LogP contribution is 2.31. The fraction of sp³-hybridized carbons (Fsp3) is 0. The minimum Gasteiger partial charge on any atom is -0.143 e. The number of hydrogen-bond acceptors (Lipinski definition) is 1. The molecule has 3 rings (SSSR count). The van der Waals surface area contributed by atoms with Crippen LogP contribution in [0.2, 0.25) is 0 Å². The molecule has 0 aliphatic carbocycles. The Morgan fingerprint density at radius 1 is 0.733 bits per heavy atom. The van der Waals surface area contributed by atoms with Crippen LogP contribution >= 0.6 is 11.3 Å². The van der Waals surface area contributed by atoms with Crippen molar-refractivity contribution >= 4 is 21.4 Å². The van der Waals surface area contributed by atoms with Crippen LogP contribution in [0.3, 0.4) is 0 Å². The molecule has 0 nitrogen and oxygen atoms in total. The van der Waals surface area contributed by atoms with E-state index in [0.29, 0.717) is 0 Å². The van der Waals surface area contributed by atoms with Crippen LogP contribution in [0.1, 0.15) is 0 Å². The van der Waals surface area contributed by atoms with Crippen LogP contribution in [0.4, 0.5) is 0 Å². The Kier molecular flexibility index (Phi) is 2.04.